The van der Waals surface area contributed by atoms with Gasteiger partial charge in [0, 0.05) is 0 Å². The van der Waals surface area contributed by atoms with E-state index in [0.29, 0.717) is 0 Å². The van der Waals surface area contributed by atoms with Gasteiger partial charge in [-0.3, -0.25) is 9.59 Å². The first-order valence-corrected chi connectivity index (χ1v) is 13.4. The zero-order valence-corrected chi connectivity index (χ0v) is 21.7. The molecule has 0 amide bonds. The minimum Gasteiger partial charge on any atom is -0.481 e. The second-order valence-corrected chi connectivity index (χ2v) is 15.0. The van der Waals surface area contributed by atoms with Crippen molar-refractivity contribution in [3.63, 3.8) is 0 Å². The van der Waals surface area contributed by atoms with E-state index in [9.17, 15) is 72.5 Å². The molecule has 16 heteroatoms. The van der Waals surface area contributed by atoms with Crippen LogP contribution in [0.3, 0.4) is 0 Å². The number of aliphatic carboxylic acids is 2. The van der Waals surface area contributed by atoms with Gasteiger partial charge in [0.1, 0.15) is 0 Å². The molecule has 0 aromatic rings. The summed E-state index contributed by atoms with van der Waals surface area (Å²) in [5.41, 5.74) is -24.0. The monoisotopic (exact) mass is 630 g/mol. The van der Waals surface area contributed by atoms with Gasteiger partial charge >= 0.3 is 36.6 Å². The molecule has 0 radical (unpaired) electrons. The zero-order chi connectivity index (χ0) is 31.6. The molecule has 8 aliphatic rings. The number of hydrogen-bond donors (Lipinski definition) is 2. The maximum atomic E-state index is 14.9. The van der Waals surface area contributed by atoms with Crippen molar-refractivity contribution in [2.24, 2.45) is 43.3 Å². The molecule has 2 N–H and O–H groups in total. The number of carboxylic acids is 2. The Morgan fingerprint density at radius 3 is 0.762 bits per heavy atom. The van der Waals surface area contributed by atoms with Crippen LogP contribution in [0.5, 0.6) is 0 Å². The number of carboxylic acid groups (broad SMARTS) is 2. The van der Waals surface area contributed by atoms with Gasteiger partial charge in [-0.25, -0.2) is 0 Å². The molecular formula is C26H26F12O4. The number of alkyl halides is 12. The van der Waals surface area contributed by atoms with Crippen LogP contribution in [0.2, 0.25) is 0 Å². The van der Waals surface area contributed by atoms with Crippen molar-refractivity contribution in [2.75, 3.05) is 0 Å². The molecule has 8 bridgehead atoms. The molecule has 0 aliphatic heterocycles. The maximum Gasteiger partial charge on any atom is 0.394 e. The normalized spacial score (nSPS) is 49.9. The van der Waals surface area contributed by atoms with Gasteiger partial charge in [0.25, 0.3) is 0 Å². The minimum atomic E-state index is -5.47. The Bertz CT molecular complexity index is 1100. The topological polar surface area (TPSA) is 74.6 Å². The van der Waals surface area contributed by atoms with Crippen LogP contribution in [-0.2, 0) is 9.59 Å². The summed E-state index contributed by atoms with van der Waals surface area (Å²) in [5, 5.41) is 20.3. The lowest BCUT2D eigenvalue weighted by molar-refractivity contribution is -0.414. The van der Waals surface area contributed by atoms with E-state index < -0.39 is 157 Å². The number of hydrogen-bond acceptors (Lipinski definition) is 2. The Hall–Kier alpha value is -1.90. The molecule has 8 fully saturated rings. The Balaban J connectivity index is 1.68. The quantitative estimate of drug-likeness (QED) is 0.310. The van der Waals surface area contributed by atoms with E-state index in [4.69, 9.17) is 0 Å². The molecule has 0 aromatic carbocycles. The summed E-state index contributed by atoms with van der Waals surface area (Å²) in [4.78, 5) is 25.2. The third kappa shape index (κ3) is 3.25. The molecule has 4 unspecified atom stereocenters. The largest absolute Gasteiger partial charge is 0.481 e. The molecule has 0 aromatic heterocycles. The lowest BCUT2D eigenvalue weighted by atomic mass is 9.24. The summed E-state index contributed by atoms with van der Waals surface area (Å²) >= 11 is 0. The molecule has 8 rings (SSSR count). The van der Waals surface area contributed by atoms with Crippen molar-refractivity contribution in [1.82, 2.24) is 0 Å². The van der Waals surface area contributed by atoms with Crippen LogP contribution in [-0.4, -0.2) is 46.9 Å². The highest BCUT2D eigenvalue weighted by Crippen LogP contribution is 2.89. The van der Waals surface area contributed by atoms with E-state index >= 15 is 0 Å². The maximum absolute atomic E-state index is 14.9. The Labute approximate surface area is 230 Å². The van der Waals surface area contributed by atoms with Crippen molar-refractivity contribution in [2.45, 2.75) is 102 Å². The lowest BCUT2D eigenvalue weighted by Crippen LogP contribution is -2.77. The fraction of sp³-hybridized carbons (Fsp3) is 0.923. The molecule has 0 saturated heterocycles. The summed E-state index contributed by atoms with van der Waals surface area (Å²) < 4.78 is 178. The van der Waals surface area contributed by atoms with E-state index in [2.05, 4.69) is 0 Å². The molecule has 4 atom stereocenters. The number of carbonyl (C=O) groups is 2. The molecule has 8 saturated carbocycles. The first-order chi connectivity index (χ1) is 18.6. The van der Waals surface area contributed by atoms with Crippen molar-refractivity contribution < 1.29 is 72.5 Å². The average Bonchev–Trinajstić information content (AvgIpc) is 2.74. The summed E-state index contributed by atoms with van der Waals surface area (Å²) in [7, 11) is 0. The summed E-state index contributed by atoms with van der Waals surface area (Å²) in [6.07, 6.45) is -37.3. The smallest absolute Gasteiger partial charge is 0.394 e. The summed E-state index contributed by atoms with van der Waals surface area (Å²) in [6, 6.07) is 0. The first-order valence-electron chi connectivity index (χ1n) is 13.4. The average molecular weight is 630 g/mol. The van der Waals surface area contributed by atoms with Gasteiger partial charge in [-0.05, 0) is 87.9 Å². The summed E-state index contributed by atoms with van der Waals surface area (Å²) in [5.74, 6) is -4.05. The van der Waals surface area contributed by atoms with Crippen molar-refractivity contribution in [3.8, 4) is 0 Å². The van der Waals surface area contributed by atoms with E-state index in [1.54, 1.807) is 0 Å². The zero-order valence-electron chi connectivity index (χ0n) is 21.7. The van der Waals surface area contributed by atoms with Gasteiger partial charge < -0.3 is 10.2 Å². The molecule has 42 heavy (non-hydrogen) atoms. The van der Waals surface area contributed by atoms with E-state index in [0.717, 1.165) is 0 Å². The molecule has 0 spiro atoms. The Kier molecular flexibility index (Phi) is 5.25. The highest BCUT2D eigenvalue weighted by Gasteiger charge is 2.88. The molecular weight excluding hydrogens is 604 g/mol. The number of halogens is 12. The SMILES string of the molecule is O=C(O)C12CC3(C(F)(F)F)CC(C(F)(F)F)(C1)CC(C14CC5(C(=O)O)CC(C(F)(F)F)(CC(C(F)(F)F)(C5)C1)C4)(C2)C3. The Morgan fingerprint density at radius 1 is 0.381 bits per heavy atom. The van der Waals surface area contributed by atoms with E-state index in [1.165, 1.54) is 0 Å². The van der Waals surface area contributed by atoms with Crippen LogP contribution >= 0.6 is 0 Å². The van der Waals surface area contributed by atoms with Crippen LogP contribution in [0.4, 0.5) is 52.7 Å². The first kappa shape index (κ1) is 30.1. The lowest BCUT2D eigenvalue weighted by Gasteiger charge is -2.79. The molecule has 8 aliphatic carbocycles. The predicted octanol–water partition coefficient (Wildman–Crippen LogP) is 8.06. The van der Waals surface area contributed by atoms with Crippen molar-refractivity contribution in [1.29, 1.82) is 0 Å². The van der Waals surface area contributed by atoms with Crippen LogP contribution in [0.1, 0.15) is 77.0 Å². The molecule has 238 valence electrons. The van der Waals surface area contributed by atoms with Gasteiger partial charge in [-0.2, -0.15) is 52.7 Å². The standard InChI is InChI=1S/C26H26F12O4/c27-23(28,29)19-3-15(13(39)40)1-17(7-19,8-20(4-15,11-19)24(30,31)32)18-2-16(14(41)42)5-21(9-18,25(33,34)35)12-22(6-16,10-18)26(36,37)38/h1-12H2,(H,39,40)(H,41,42). The Morgan fingerprint density at radius 2 is 0.595 bits per heavy atom. The fourth-order valence-corrected chi connectivity index (χ4v) is 12.1. The highest BCUT2D eigenvalue weighted by molar-refractivity contribution is 5.77. The van der Waals surface area contributed by atoms with Gasteiger partial charge in [-0.1, -0.05) is 0 Å². The van der Waals surface area contributed by atoms with E-state index in [1.807, 2.05) is 0 Å². The third-order valence-corrected chi connectivity index (χ3v) is 12.6. The van der Waals surface area contributed by atoms with Crippen LogP contribution < -0.4 is 0 Å². The predicted molar refractivity (Wildman–Crippen MR) is 114 cm³/mol. The molecule has 4 nitrogen and oxygen atoms in total. The van der Waals surface area contributed by atoms with Gasteiger partial charge in [0.15, 0.2) is 0 Å². The van der Waals surface area contributed by atoms with Crippen LogP contribution in [0, 0.1) is 43.3 Å². The highest BCUT2D eigenvalue weighted by atomic mass is 19.4. The number of rotatable bonds is 3. The van der Waals surface area contributed by atoms with Crippen LogP contribution in [0.15, 0.2) is 0 Å². The van der Waals surface area contributed by atoms with Crippen molar-refractivity contribution >= 4 is 11.9 Å². The second kappa shape index (κ2) is 7.31. The van der Waals surface area contributed by atoms with Crippen molar-refractivity contribution in [3.05, 3.63) is 0 Å². The molecule has 0 heterocycles. The third-order valence-electron chi connectivity index (χ3n) is 12.6. The fourth-order valence-electron chi connectivity index (χ4n) is 12.1. The van der Waals surface area contributed by atoms with Gasteiger partial charge in [-0.15, -0.1) is 0 Å². The summed E-state index contributed by atoms with van der Waals surface area (Å²) in [6.45, 7) is 0. The van der Waals surface area contributed by atoms with Gasteiger partial charge in [0.05, 0.1) is 32.5 Å². The minimum absolute atomic E-state index is 0.984. The second-order valence-electron chi connectivity index (χ2n) is 15.0. The van der Waals surface area contributed by atoms with Gasteiger partial charge in [0.2, 0.25) is 0 Å². The van der Waals surface area contributed by atoms with Crippen LogP contribution in [0.25, 0.3) is 0 Å². The van der Waals surface area contributed by atoms with E-state index in [-0.39, 0.29) is 0 Å².